The van der Waals surface area contributed by atoms with Crippen molar-refractivity contribution in [2.45, 2.75) is 269 Å². The van der Waals surface area contributed by atoms with E-state index in [9.17, 15) is 25.2 Å². The lowest BCUT2D eigenvalue weighted by molar-refractivity contribution is -0.132. The predicted molar refractivity (Wildman–Crippen MR) is 224 cm³/mol. The van der Waals surface area contributed by atoms with E-state index in [1.165, 1.54) is 180 Å². The van der Waals surface area contributed by atoms with Gasteiger partial charge in [-0.25, -0.2) is 0 Å². The fourth-order valence-electron chi connectivity index (χ4n) is 7.29. The maximum absolute atomic E-state index is 12.5. The molecule has 0 aliphatic rings. The van der Waals surface area contributed by atoms with Crippen molar-refractivity contribution in [1.29, 1.82) is 0 Å². The molecule has 1 amide bonds. The average molecular weight is 738 g/mol. The van der Waals surface area contributed by atoms with E-state index in [0.29, 0.717) is 12.8 Å². The minimum atomic E-state index is -1.28. The number of carbonyl (C=O) groups excluding carboxylic acids is 1. The number of amides is 1. The Kier molecular flexibility index (Phi) is 40.5. The van der Waals surface area contributed by atoms with E-state index >= 15 is 0 Å². The molecule has 0 spiro atoms. The normalized spacial score (nSPS) is 14.2. The van der Waals surface area contributed by atoms with Gasteiger partial charge in [0.25, 0.3) is 0 Å². The molecule has 0 rings (SSSR count). The zero-order chi connectivity index (χ0) is 38.2. The van der Waals surface area contributed by atoms with E-state index in [2.05, 4.69) is 31.3 Å². The van der Waals surface area contributed by atoms with Gasteiger partial charge in [-0.1, -0.05) is 219 Å². The molecular weight excluding hydrogens is 647 g/mol. The lowest BCUT2D eigenvalue weighted by atomic mass is 10.00. The van der Waals surface area contributed by atoms with Gasteiger partial charge in [0.2, 0.25) is 5.91 Å². The molecule has 0 bridgehead atoms. The second-order valence-corrected chi connectivity index (χ2v) is 16.1. The molecule has 0 heterocycles. The standard InChI is InChI=1S/C46H91NO5/c1-3-5-7-9-11-13-15-16-17-18-19-20-21-22-23-24-25-26-27-28-30-32-34-36-38-40-44(50)46(52)47-42(41-48)45(51)43(49)39-37-35-33-31-29-14-12-10-8-6-4-2/h31,33,42-45,48-51H,3-30,32,34-41H2,1-2H3,(H,47,52)/b33-31+. The Morgan fingerprint density at radius 1 is 0.462 bits per heavy atom. The summed E-state index contributed by atoms with van der Waals surface area (Å²) in [6.45, 7) is 4.03. The maximum atomic E-state index is 12.5. The molecule has 0 aromatic carbocycles. The molecule has 6 nitrogen and oxygen atoms in total. The largest absolute Gasteiger partial charge is 0.394 e. The number of nitrogens with one attached hydrogen (secondary N) is 1. The number of unbranched alkanes of at least 4 members (excludes halogenated alkanes) is 31. The van der Waals surface area contributed by atoms with Crippen LogP contribution >= 0.6 is 0 Å². The summed E-state index contributed by atoms with van der Waals surface area (Å²) >= 11 is 0. The van der Waals surface area contributed by atoms with Gasteiger partial charge < -0.3 is 25.7 Å². The topological polar surface area (TPSA) is 110 Å². The first-order chi connectivity index (χ1) is 25.5. The van der Waals surface area contributed by atoms with Crippen LogP contribution in [0.3, 0.4) is 0 Å². The van der Waals surface area contributed by atoms with E-state index in [0.717, 1.165) is 38.5 Å². The second kappa shape index (κ2) is 41.2. The summed E-state index contributed by atoms with van der Waals surface area (Å²) in [5, 5.41) is 43.6. The Morgan fingerprint density at radius 3 is 1.15 bits per heavy atom. The van der Waals surface area contributed by atoms with Crippen LogP contribution in [0.25, 0.3) is 0 Å². The lowest BCUT2D eigenvalue weighted by Crippen LogP contribution is -2.53. The van der Waals surface area contributed by atoms with E-state index in [1.54, 1.807) is 0 Å². The van der Waals surface area contributed by atoms with Gasteiger partial charge in [-0.2, -0.15) is 0 Å². The lowest BCUT2D eigenvalue weighted by Gasteiger charge is -2.27. The van der Waals surface area contributed by atoms with E-state index in [1.807, 2.05) is 0 Å². The van der Waals surface area contributed by atoms with Crippen molar-refractivity contribution in [2.24, 2.45) is 0 Å². The third-order valence-electron chi connectivity index (χ3n) is 11.0. The number of hydrogen-bond donors (Lipinski definition) is 5. The first-order valence-electron chi connectivity index (χ1n) is 23.1. The van der Waals surface area contributed by atoms with Gasteiger partial charge in [-0.15, -0.1) is 0 Å². The number of carbonyl (C=O) groups is 1. The maximum Gasteiger partial charge on any atom is 0.249 e. The van der Waals surface area contributed by atoms with Crippen molar-refractivity contribution in [1.82, 2.24) is 5.32 Å². The number of allylic oxidation sites excluding steroid dienone is 2. The molecule has 0 aromatic rings. The molecular formula is C46H91NO5. The summed E-state index contributed by atoms with van der Waals surface area (Å²) < 4.78 is 0. The van der Waals surface area contributed by atoms with Crippen molar-refractivity contribution < 1.29 is 25.2 Å². The van der Waals surface area contributed by atoms with Crippen LogP contribution in [0.4, 0.5) is 0 Å². The molecule has 0 fully saturated rings. The van der Waals surface area contributed by atoms with Crippen LogP contribution in [-0.2, 0) is 4.79 Å². The van der Waals surface area contributed by atoms with Gasteiger partial charge in [0.05, 0.1) is 18.8 Å². The molecule has 0 aromatic heterocycles. The van der Waals surface area contributed by atoms with Gasteiger partial charge in [0.1, 0.15) is 12.2 Å². The van der Waals surface area contributed by atoms with Crippen molar-refractivity contribution in [3.63, 3.8) is 0 Å². The van der Waals surface area contributed by atoms with Crippen LogP contribution in [0.1, 0.15) is 245 Å². The highest BCUT2D eigenvalue weighted by Gasteiger charge is 2.28. The first kappa shape index (κ1) is 51.0. The minimum absolute atomic E-state index is 0.368. The van der Waals surface area contributed by atoms with Crippen LogP contribution in [0.15, 0.2) is 12.2 Å². The Balaban J connectivity index is 3.62. The highest BCUT2D eigenvalue weighted by molar-refractivity contribution is 5.80. The fraction of sp³-hybridized carbons (Fsp3) is 0.935. The molecule has 6 heteroatoms. The quantitative estimate of drug-likeness (QED) is 0.0316. The van der Waals surface area contributed by atoms with Crippen LogP contribution in [-0.4, -0.2) is 57.3 Å². The summed E-state index contributed by atoms with van der Waals surface area (Å²) in [6.07, 6.45) is 45.5. The molecule has 0 saturated heterocycles. The Morgan fingerprint density at radius 2 is 0.788 bits per heavy atom. The Bertz CT molecular complexity index is 746. The molecule has 4 unspecified atom stereocenters. The minimum Gasteiger partial charge on any atom is -0.394 e. The van der Waals surface area contributed by atoms with Gasteiger partial charge in [0, 0.05) is 0 Å². The fourth-order valence-corrected chi connectivity index (χ4v) is 7.29. The molecule has 0 aliphatic carbocycles. The molecule has 52 heavy (non-hydrogen) atoms. The summed E-state index contributed by atoms with van der Waals surface area (Å²) in [4.78, 5) is 12.5. The number of rotatable bonds is 42. The SMILES string of the molecule is CCCCCCCC/C=C/CCCC(O)C(O)C(CO)NC(=O)C(O)CCCCCCCCCCCCCCCCCCCCCCCCCCC. The zero-order valence-electron chi connectivity index (χ0n) is 34.8. The first-order valence-corrected chi connectivity index (χ1v) is 23.1. The number of hydrogen-bond acceptors (Lipinski definition) is 5. The molecule has 0 saturated carbocycles. The van der Waals surface area contributed by atoms with Crippen molar-refractivity contribution in [3.05, 3.63) is 12.2 Å². The van der Waals surface area contributed by atoms with Crippen LogP contribution in [0, 0.1) is 0 Å². The van der Waals surface area contributed by atoms with Crippen molar-refractivity contribution in [3.8, 4) is 0 Å². The molecule has 0 aliphatic heterocycles. The highest BCUT2D eigenvalue weighted by Crippen LogP contribution is 2.17. The van der Waals surface area contributed by atoms with Crippen LogP contribution in [0.5, 0.6) is 0 Å². The third-order valence-corrected chi connectivity index (χ3v) is 11.0. The molecule has 4 atom stereocenters. The van der Waals surface area contributed by atoms with Crippen LogP contribution < -0.4 is 5.32 Å². The number of aliphatic hydroxyl groups excluding tert-OH is 4. The molecule has 0 radical (unpaired) electrons. The number of aliphatic hydroxyl groups is 4. The van der Waals surface area contributed by atoms with Gasteiger partial charge in [0.15, 0.2) is 0 Å². The summed E-state index contributed by atoms with van der Waals surface area (Å²) in [7, 11) is 0. The molecule has 5 N–H and O–H groups in total. The van der Waals surface area contributed by atoms with E-state index < -0.39 is 36.9 Å². The zero-order valence-corrected chi connectivity index (χ0v) is 34.8. The smallest absolute Gasteiger partial charge is 0.249 e. The summed E-state index contributed by atoms with van der Waals surface area (Å²) in [6, 6.07) is -0.996. The van der Waals surface area contributed by atoms with E-state index in [4.69, 9.17) is 0 Å². The van der Waals surface area contributed by atoms with E-state index in [-0.39, 0.29) is 0 Å². The highest BCUT2D eigenvalue weighted by atomic mass is 16.3. The Hall–Kier alpha value is -0.950. The average Bonchev–Trinajstić information content (AvgIpc) is 3.15. The van der Waals surface area contributed by atoms with Gasteiger partial charge in [-0.05, 0) is 38.5 Å². The predicted octanol–water partition coefficient (Wildman–Crippen LogP) is 12.2. The molecule has 310 valence electrons. The van der Waals surface area contributed by atoms with Crippen molar-refractivity contribution >= 4 is 5.91 Å². The van der Waals surface area contributed by atoms with Crippen LogP contribution in [0.2, 0.25) is 0 Å². The second-order valence-electron chi connectivity index (χ2n) is 16.1. The van der Waals surface area contributed by atoms with Crippen molar-refractivity contribution in [2.75, 3.05) is 6.61 Å². The van der Waals surface area contributed by atoms with Gasteiger partial charge >= 0.3 is 0 Å². The Labute approximate surface area is 323 Å². The summed E-state index contributed by atoms with van der Waals surface area (Å²) in [5.41, 5.74) is 0. The summed E-state index contributed by atoms with van der Waals surface area (Å²) in [5.74, 6) is -0.590. The monoisotopic (exact) mass is 738 g/mol. The van der Waals surface area contributed by atoms with Gasteiger partial charge in [-0.3, -0.25) is 4.79 Å². The third kappa shape index (κ3) is 34.8.